The van der Waals surface area contributed by atoms with E-state index in [4.69, 9.17) is 0 Å². The maximum atomic E-state index is 12.5. The molecule has 0 aliphatic carbocycles. The van der Waals surface area contributed by atoms with Crippen molar-refractivity contribution < 1.29 is 9.59 Å². The minimum atomic E-state index is -0.373. The van der Waals surface area contributed by atoms with Crippen LogP contribution in [0.25, 0.3) is 0 Å². The molecule has 0 unspecified atom stereocenters. The molecular weight excluding hydrogens is 382 g/mol. The lowest BCUT2D eigenvalue weighted by molar-refractivity contribution is -0.132. The summed E-state index contributed by atoms with van der Waals surface area (Å²) in [4.78, 5) is 26.1. The summed E-state index contributed by atoms with van der Waals surface area (Å²) in [5.41, 5.74) is 1.83. The Hall–Kier alpha value is -2.39. The molecule has 2 amide bonds. The maximum absolute atomic E-state index is 12.5. The highest BCUT2D eigenvalue weighted by Gasteiger charge is 2.22. The molecule has 27 heavy (non-hydrogen) atoms. The number of anilines is 2. The molecule has 1 aromatic heterocycles. The molecule has 2 N–H and O–H groups in total. The van der Waals surface area contributed by atoms with Crippen molar-refractivity contribution in [3.05, 3.63) is 42.5 Å². The predicted molar refractivity (Wildman–Crippen MR) is 111 cm³/mol. The van der Waals surface area contributed by atoms with Gasteiger partial charge in [-0.1, -0.05) is 46.9 Å². The zero-order valence-electron chi connectivity index (χ0n) is 15.6. The average molecular weight is 406 g/mol. The summed E-state index contributed by atoms with van der Waals surface area (Å²) >= 11 is 2.70. The Morgan fingerprint density at radius 2 is 2.04 bits per heavy atom. The number of benzene rings is 1. The number of likely N-dealkylation sites (N-methyl/N-ethyl adjacent to an activating group) is 1. The predicted octanol–water partition coefficient (Wildman–Crippen LogP) is 3.02. The molecule has 0 aliphatic rings. The zero-order valence-corrected chi connectivity index (χ0v) is 17.2. The number of aryl methyl sites for hydroxylation is 1. The van der Waals surface area contributed by atoms with E-state index < -0.39 is 0 Å². The van der Waals surface area contributed by atoms with Crippen molar-refractivity contribution in [2.24, 2.45) is 0 Å². The van der Waals surface area contributed by atoms with Crippen LogP contribution >= 0.6 is 23.1 Å². The molecule has 0 saturated carbocycles. The number of thioether (sulfide) groups is 1. The molecule has 0 spiro atoms. The molecule has 0 aliphatic heterocycles. The maximum Gasteiger partial charge on any atom is 0.243 e. The summed E-state index contributed by atoms with van der Waals surface area (Å²) in [6.07, 6.45) is 1.73. The van der Waals surface area contributed by atoms with E-state index >= 15 is 0 Å². The number of hydrogen-bond donors (Lipinski definition) is 2. The van der Waals surface area contributed by atoms with Gasteiger partial charge in [0, 0.05) is 19.3 Å². The fourth-order valence-electron chi connectivity index (χ4n) is 2.13. The second-order valence-electron chi connectivity index (χ2n) is 5.91. The van der Waals surface area contributed by atoms with Crippen LogP contribution in [0.15, 0.2) is 41.3 Å². The minimum absolute atomic E-state index is 0.0140. The topological polar surface area (TPSA) is 87.2 Å². The van der Waals surface area contributed by atoms with Crippen molar-refractivity contribution in [3.8, 4) is 0 Å². The van der Waals surface area contributed by atoms with Crippen molar-refractivity contribution in [3.63, 3.8) is 0 Å². The number of nitrogens with one attached hydrogen (secondary N) is 2. The summed E-state index contributed by atoms with van der Waals surface area (Å²) < 4.78 is 0.694. The average Bonchev–Trinajstić information content (AvgIpc) is 3.08. The first-order valence-electron chi connectivity index (χ1n) is 8.35. The van der Waals surface area contributed by atoms with Crippen LogP contribution in [0.1, 0.15) is 12.5 Å². The van der Waals surface area contributed by atoms with Crippen molar-refractivity contribution in [1.82, 2.24) is 15.1 Å². The fraction of sp³-hybridized carbons (Fsp3) is 0.333. The third-order valence-corrected chi connectivity index (χ3v) is 5.57. The van der Waals surface area contributed by atoms with Gasteiger partial charge in [0.05, 0.1) is 11.8 Å². The SMILES string of the molecule is C=CCNc1nnc(S[C@@H](C)C(=O)N(C)CC(=O)Nc2ccc(C)cc2)s1. The van der Waals surface area contributed by atoms with Crippen LogP contribution in [0.2, 0.25) is 0 Å². The van der Waals surface area contributed by atoms with E-state index in [9.17, 15) is 9.59 Å². The van der Waals surface area contributed by atoms with Gasteiger partial charge in [-0.15, -0.1) is 16.8 Å². The Balaban J connectivity index is 1.83. The number of carbonyl (C=O) groups excluding carboxylic acids is 2. The molecular formula is C18H23N5O2S2. The number of amides is 2. The third-order valence-electron chi connectivity index (χ3n) is 3.52. The molecule has 2 rings (SSSR count). The Morgan fingerprint density at radius 1 is 1.33 bits per heavy atom. The van der Waals surface area contributed by atoms with Crippen LogP contribution in [0.4, 0.5) is 10.8 Å². The van der Waals surface area contributed by atoms with Gasteiger partial charge < -0.3 is 15.5 Å². The van der Waals surface area contributed by atoms with E-state index in [-0.39, 0.29) is 23.6 Å². The Labute approximate surface area is 167 Å². The highest BCUT2D eigenvalue weighted by atomic mass is 32.2. The summed E-state index contributed by atoms with van der Waals surface area (Å²) in [7, 11) is 1.62. The monoisotopic (exact) mass is 405 g/mol. The first-order valence-corrected chi connectivity index (χ1v) is 10.0. The van der Waals surface area contributed by atoms with E-state index in [1.807, 2.05) is 31.2 Å². The third kappa shape index (κ3) is 6.69. The van der Waals surface area contributed by atoms with Gasteiger partial charge in [-0.25, -0.2) is 0 Å². The molecule has 1 aromatic carbocycles. The summed E-state index contributed by atoms with van der Waals surface area (Å²) in [6.45, 7) is 7.99. The molecule has 0 bridgehead atoms. The number of aromatic nitrogens is 2. The lowest BCUT2D eigenvalue weighted by Gasteiger charge is -2.20. The molecule has 1 heterocycles. The number of rotatable bonds is 9. The first kappa shape index (κ1) is 20.9. The van der Waals surface area contributed by atoms with Gasteiger partial charge in [0.15, 0.2) is 4.34 Å². The molecule has 144 valence electrons. The molecule has 0 radical (unpaired) electrons. The van der Waals surface area contributed by atoms with Crippen LogP contribution in [0.3, 0.4) is 0 Å². The van der Waals surface area contributed by atoms with Crippen LogP contribution in [0.5, 0.6) is 0 Å². The molecule has 9 heteroatoms. The molecule has 2 aromatic rings. The summed E-state index contributed by atoms with van der Waals surface area (Å²) in [5, 5.41) is 14.2. The lowest BCUT2D eigenvalue weighted by atomic mass is 10.2. The highest BCUT2D eigenvalue weighted by molar-refractivity contribution is 8.02. The minimum Gasteiger partial charge on any atom is -0.357 e. The fourth-order valence-corrected chi connectivity index (χ4v) is 4.15. The van der Waals surface area contributed by atoms with E-state index in [0.717, 1.165) is 5.56 Å². The molecule has 1 atom stereocenters. The number of hydrogen-bond acceptors (Lipinski definition) is 7. The zero-order chi connectivity index (χ0) is 19.8. The van der Waals surface area contributed by atoms with Crippen molar-refractivity contribution in [2.75, 3.05) is 30.8 Å². The van der Waals surface area contributed by atoms with Crippen LogP contribution in [-0.2, 0) is 9.59 Å². The Kier molecular flexibility index (Phi) is 7.81. The van der Waals surface area contributed by atoms with E-state index in [1.165, 1.54) is 28.0 Å². The van der Waals surface area contributed by atoms with Crippen LogP contribution in [-0.4, -0.2) is 52.3 Å². The van der Waals surface area contributed by atoms with Gasteiger partial charge in [0.2, 0.25) is 16.9 Å². The van der Waals surface area contributed by atoms with Gasteiger partial charge in [-0.2, -0.15) is 0 Å². The van der Waals surface area contributed by atoms with Gasteiger partial charge in [-0.3, -0.25) is 9.59 Å². The number of carbonyl (C=O) groups is 2. The quantitative estimate of drug-likeness (QED) is 0.493. The largest absolute Gasteiger partial charge is 0.357 e. The first-order chi connectivity index (χ1) is 12.9. The van der Waals surface area contributed by atoms with E-state index in [0.29, 0.717) is 21.7 Å². The smallest absolute Gasteiger partial charge is 0.243 e. The standard InChI is InChI=1S/C18H23N5O2S2/c1-5-10-19-17-21-22-18(27-17)26-13(3)16(25)23(4)11-15(24)20-14-8-6-12(2)7-9-14/h5-9,13H,1,10-11H2,2-4H3,(H,19,21)(H,20,24)/t13-/m0/s1. The van der Waals surface area contributed by atoms with E-state index in [2.05, 4.69) is 27.4 Å². The van der Waals surface area contributed by atoms with Crippen molar-refractivity contribution in [2.45, 2.75) is 23.4 Å². The molecule has 7 nitrogen and oxygen atoms in total. The normalized spacial score (nSPS) is 11.5. The number of nitrogens with zero attached hydrogens (tertiary/aromatic N) is 3. The summed E-state index contributed by atoms with van der Waals surface area (Å²) in [5.74, 6) is -0.381. The molecule has 0 saturated heterocycles. The van der Waals surface area contributed by atoms with Crippen LogP contribution in [0, 0.1) is 6.92 Å². The second-order valence-corrected chi connectivity index (χ2v) is 8.48. The Morgan fingerprint density at radius 3 is 2.70 bits per heavy atom. The van der Waals surface area contributed by atoms with Gasteiger partial charge in [0.1, 0.15) is 0 Å². The van der Waals surface area contributed by atoms with Gasteiger partial charge in [0.25, 0.3) is 0 Å². The van der Waals surface area contributed by atoms with Gasteiger partial charge >= 0.3 is 0 Å². The molecule has 0 fully saturated rings. The second kappa shape index (κ2) is 10.1. The Bertz CT molecular complexity index is 791. The lowest BCUT2D eigenvalue weighted by Crippen LogP contribution is -2.38. The van der Waals surface area contributed by atoms with E-state index in [1.54, 1.807) is 20.0 Å². The van der Waals surface area contributed by atoms with Gasteiger partial charge in [-0.05, 0) is 26.0 Å². The summed E-state index contributed by atoms with van der Waals surface area (Å²) in [6, 6.07) is 7.51. The van der Waals surface area contributed by atoms with Crippen molar-refractivity contribution >= 4 is 45.7 Å². The van der Waals surface area contributed by atoms with Crippen LogP contribution < -0.4 is 10.6 Å². The highest BCUT2D eigenvalue weighted by Crippen LogP contribution is 2.29. The van der Waals surface area contributed by atoms with Crippen molar-refractivity contribution in [1.29, 1.82) is 0 Å².